The summed E-state index contributed by atoms with van der Waals surface area (Å²) >= 11 is 0. The number of rotatable bonds is 8. The van der Waals surface area contributed by atoms with Crippen molar-refractivity contribution < 1.29 is 19.1 Å². The highest BCUT2D eigenvalue weighted by atomic mass is 16.6. The van der Waals surface area contributed by atoms with Crippen molar-refractivity contribution in [1.29, 1.82) is 0 Å². The highest BCUT2D eigenvalue weighted by Gasteiger charge is 2.35. The number of ketones is 1. The van der Waals surface area contributed by atoms with Gasteiger partial charge in [-0.3, -0.25) is 9.20 Å². The number of imidazole rings is 1. The zero-order valence-corrected chi connectivity index (χ0v) is 18.0. The Morgan fingerprint density at radius 3 is 2.66 bits per heavy atom. The van der Waals surface area contributed by atoms with Crippen LogP contribution in [0.25, 0.3) is 5.65 Å². The van der Waals surface area contributed by atoms with E-state index in [1.807, 2.05) is 52.9 Å². The molecule has 7 nitrogen and oxygen atoms in total. The average Bonchev–Trinajstić information content (AvgIpc) is 3.39. The van der Waals surface area contributed by atoms with Gasteiger partial charge in [-0.25, -0.2) is 9.78 Å². The van der Waals surface area contributed by atoms with Gasteiger partial charge in [-0.2, -0.15) is 0 Å². The van der Waals surface area contributed by atoms with Gasteiger partial charge in [0.15, 0.2) is 17.2 Å². The molecule has 0 unspecified atom stereocenters. The third-order valence-corrected chi connectivity index (χ3v) is 4.77. The molecule has 29 heavy (non-hydrogen) atoms. The Kier molecular flexibility index (Phi) is 6.15. The Morgan fingerprint density at radius 1 is 1.31 bits per heavy atom. The molecule has 0 N–H and O–H groups in total. The van der Waals surface area contributed by atoms with Gasteiger partial charge >= 0.3 is 6.09 Å². The molecule has 2 aromatic heterocycles. The second-order valence-electron chi connectivity index (χ2n) is 8.48. The van der Waals surface area contributed by atoms with Crippen molar-refractivity contribution in [3.63, 3.8) is 0 Å². The van der Waals surface area contributed by atoms with E-state index in [0.29, 0.717) is 48.8 Å². The zero-order valence-electron chi connectivity index (χ0n) is 18.0. The lowest BCUT2D eigenvalue weighted by molar-refractivity contribution is 0.0229. The predicted octanol–water partition coefficient (Wildman–Crippen LogP) is 4.40. The molecular weight excluding hydrogens is 370 g/mol. The number of amides is 1. The number of fused-ring (bicyclic) bond motifs is 1. The molecule has 158 valence electrons. The summed E-state index contributed by atoms with van der Waals surface area (Å²) in [6.07, 6.45) is 4.48. The molecule has 1 aliphatic rings. The Balaban J connectivity index is 1.67. The molecule has 1 amide bonds. The SMILES string of the molecule is CCOc1cccn2c(C(=O)CCCN(C(=O)OC(C)(C)C)C3CC3)c(C)nc12. The van der Waals surface area contributed by atoms with E-state index < -0.39 is 5.60 Å². The Hall–Kier alpha value is -2.57. The fourth-order valence-corrected chi connectivity index (χ4v) is 3.42. The van der Waals surface area contributed by atoms with Gasteiger partial charge in [0.05, 0.1) is 12.3 Å². The Bertz CT molecular complexity index is 893. The molecule has 0 atom stereocenters. The Morgan fingerprint density at radius 2 is 2.03 bits per heavy atom. The minimum atomic E-state index is -0.522. The summed E-state index contributed by atoms with van der Waals surface area (Å²) in [5.74, 6) is 0.686. The average molecular weight is 402 g/mol. The van der Waals surface area contributed by atoms with E-state index in [4.69, 9.17) is 9.47 Å². The number of ether oxygens (including phenoxy) is 2. The molecule has 0 saturated heterocycles. The molecule has 2 aromatic rings. The molecule has 0 aromatic carbocycles. The number of hydrogen-bond acceptors (Lipinski definition) is 5. The first-order valence-electron chi connectivity index (χ1n) is 10.3. The maximum Gasteiger partial charge on any atom is 0.410 e. The van der Waals surface area contributed by atoms with Crippen molar-refractivity contribution in [1.82, 2.24) is 14.3 Å². The summed E-state index contributed by atoms with van der Waals surface area (Å²) in [6, 6.07) is 3.95. The lowest BCUT2D eigenvalue weighted by atomic mass is 10.1. The number of carbonyl (C=O) groups excluding carboxylic acids is 2. The smallest absolute Gasteiger partial charge is 0.410 e. The van der Waals surface area contributed by atoms with Crippen LogP contribution in [0.2, 0.25) is 0 Å². The van der Waals surface area contributed by atoms with E-state index in [0.717, 1.165) is 12.8 Å². The van der Waals surface area contributed by atoms with Crippen molar-refractivity contribution in [2.45, 2.75) is 71.9 Å². The summed E-state index contributed by atoms with van der Waals surface area (Å²) in [4.78, 5) is 31.7. The minimum Gasteiger partial charge on any atom is -0.490 e. The predicted molar refractivity (Wildman–Crippen MR) is 111 cm³/mol. The first kappa shape index (κ1) is 21.1. The van der Waals surface area contributed by atoms with Crippen LogP contribution in [0.3, 0.4) is 0 Å². The number of carbonyl (C=O) groups is 2. The molecule has 0 radical (unpaired) electrons. The second-order valence-corrected chi connectivity index (χ2v) is 8.48. The van der Waals surface area contributed by atoms with E-state index in [1.54, 1.807) is 9.30 Å². The zero-order chi connectivity index (χ0) is 21.2. The van der Waals surface area contributed by atoms with E-state index in [9.17, 15) is 9.59 Å². The van der Waals surface area contributed by atoms with Gasteiger partial charge in [0.2, 0.25) is 0 Å². The lowest BCUT2D eigenvalue weighted by Crippen LogP contribution is -2.39. The fourth-order valence-electron chi connectivity index (χ4n) is 3.42. The second kappa shape index (κ2) is 8.43. The van der Waals surface area contributed by atoms with Crippen LogP contribution in [0.15, 0.2) is 18.3 Å². The summed E-state index contributed by atoms with van der Waals surface area (Å²) in [7, 11) is 0. The molecule has 1 aliphatic carbocycles. The number of Topliss-reactive ketones (excluding diaryl/α,β-unsaturated/α-hetero) is 1. The van der Waals surface area contributed by atoms with Crippen molar-refractivity contribution in [2.75, 3.05) is 13.2 Å². The van der Waals surface area contributed by atoms with Crippen LogP contribution < -0.4 is 4.74 Å². The molecule has 0 bridgehead atoms. The van der Waals surface area contributed by atoms with Crippen molar-refractivity contribution in [2.24, 2.45) is 0 Å². The largest absolute Gasteiger partial charge is 0.490 e. The van der Waals surface area contributed by atoms with Gasteiger partial charge < -0.3 is 14.4 Å². The summed E-state index contributed by atoms with van der Waals surface area (Å²) < 4.78 is 12.9. The van der Waals surface area contributed by atoms with Crippen molar-refractivity contribution in [3.05, 3.63) is 29.7 Å². The van der Waals surface area contributed by atoms with E-state index in [2.05, 4.69) is 4.98 Å². The first-order chi connectivity index (χ1) is 13.7. The number of hydrogen-bond donors (Lipinski definition) is 0. The third-order valence-electron chi connectivity index (χ3n) is 4.77. The lowest BCUT2D eigenvalue weighted by Gasteiger charge is -2.27. The maximum absolute atomic E-state index is 12.9. The normalized spacial score (nSPS) is 14.1. The van der Waals surface area contributed by atoms with Gasteiger partial charge in [0.25, 0.3) is 0 Å². The van der Waals surface area contributed by atoms with Gasteiger partial charge in [0, 0.05) is 25.2 Å². The summed E-state index contributed by atoms with van der Waals surface area (Å²) in [5, 5.41) is 0. The first-order valence-corrected chi connectivity index (χ1v) is 10.3. The Labute approximate surface area is 172 Å². The summed E-state index contributed by atoms with van der Waals surface area (Å²) in [6.45, 7) is 10.4. The minimum absolute atomic E-state index is 0.0172. The van der Waals surface area contributed by atoms with Gasteiger partial charge in [-0.15, -0.1) is 0 Å². The number of aryl methyl sites for hydroxylation is 1. The van der Waals surface area contributed by atoms with Gasteiger partial charge in [-0.1, -0.05) is 0 Å². The van der Waals surface area contributed by atoms with Crippen LogP contribution in [-0.2, 0) is 4.74 Å². The molecule has 7 heteroatoms. The van der Waals surface area contributed by atoms with Crippen LogP contribution in [0, 0.1) is 6.92 Å². The van der Waals surface area contributed by atoms with Crippen LogP contribution in [0.4, 0.5) is 4.79 Å². The quantitative estimate of drug-likeness (QED) is 0.613. The van der Waals surface area contributed by atoms with Crippen molar-refractivity contribution >= 4 is 17.5 Å². The number of aromatic nitrogens is 2. The highest BCUT2D eigenvalue weighted by molar-refractivity contribution is 5.96. The fraction of sp³-hybridized carbons (Fsp3) is 0.591. The monoisotopic (exact) mass is 401 g/mol. The van der Waals surface area contributed by atoms with Gasteiger partial charge in [-0.05, 0) is 66.0 Å². The highest BCUT2D eigenvalue weighted by Crippen LogP contribution is 2.29. The molecule has 1 saturated carbocycles. The number of pyridine rings is 1. The van der Waals surface area contributed by atoms with E-state index in [-0.39, 0.29) is 17.9 Å². The van der Waals surface area contributed by atoms with Crippen LogP contribution in [-0.4, -0.2) is 51.0 Å². The molecular formula is C22H31N3O4. The van der Waals surface area contributed by atoms with E-state index in [1.165, 1.54) is 0 Å². The maximum atomic E-state index is 12.9. The van der Waals surface area contributed by atoms with Crippen LogP contribution in [0.5, 0.6) is 5.75 Å². The standard InChI is InChI=1S/C22H31N3O4/c1-6-28-18-10-8-14-25-19(15(2)23-20(18)25)17(26)9-7-13-24(16-11-12-16)21(27)29-22(3,4)5/h8,10,14,16H,6-7,9,11-13H2,1-5H3. The third kappa shape index (κ3) is 5.08. The molecule has 3 rings (SSSR count). The number of nitrogens with zero attached hydrogens (tertiary/aromatic N) is 3. The van der Waals surface area contributed by atoms with Gasteiger partial charge in [0.1, 0.15) is 11.3 Å². The molecule has 0 aliphatic heterocycles. The molecule has 1 fully saturated rings. The van der Waals surface area contributed by atoms with Crippen molar-refractivity contribution in [3.8, 4) is 5.75 Å². The molecule has 2 heterocycles. The van der Waals surface area contributed by atoms with E-state index >= 15 is 0 Å². The molecule has 0 spiro atoms. The topological polar surface area (TPSA) is 73.1 Å². The van der Waals surface area contributed by atoms with Crippen LogP contribution >= 0.6 is 0 Å². The van der Waals surface area contributed by atoms with Crippen LogP contribution in [0.1, 0.15) is 69.6 Å². The summed E-state index contributed by atoms with van der Waals surface area (Å²) in [5.41, 5.74) is 1.40.